The van der Waals surface area contributed by atoms with Crippen molar-refractivity contribution in [2.24, 2.45) is 0 Å². The molecule has 0 bridgehead atoms. The Kier molecular flexibility index (Phi) is 5.34. The van der Waals surface area contributed by atoms with Gasteiger partial charge in [-0.1, -0.05) is 35.3 Å². The number of aromatic nitrogens is 2. The maximum absolute atomic E-state index is 12.2. The lowest BCUT2D eigenvalue weighted by Crippen LogP contribution is -2.36. The minimum absolute atomic E-state index is 0.0539. The highest BCUT2D eigenvalue weighted by atomic mass is 35.5. The molecule has 0 aliphatic carbocycles. The first kappa shape index (κ1) is 17.8. The van der Waals surface area contributed by atoms with Crippen LogP contribution < -0.4 is 10.9 Å². The predicted molar refractivity (Wildman–Crippen MR) is 93.4 cm³/mol. The van der Waals surface area contributed by atoms with E-state index in [0.29, 0.717) is 16.3 Å². The summed E-state index contributed by atoms with van der Waals surface area (Å²) in [5, 5.41) is 17.9. The molecule has 2 N–H and O–H groups in total. The van der Waals surface area contributed by atoms with Gasteiger partial charge >= 0.3 is 0 Å². The Labute approximate surface area is 144 Å². The van der Waals surface area contributed by atoms with Gasteiger partial charge in [0.1, 0.15) is 5.02 Å². The van der Waals surface area contributed by atoms with Crippen LogP contribution in [0, 0.1) is 0 Å². The lowest BCUT2D eigenvalue weighted by molar-refractivity contribution is 0.191. The fourth-order valence-electron chi connectivity index (χ4n) is 2.04. The van der Waals surface area contributed by atoms with Crippen LogP contribution in [-0.2, 0) is 5.54 Å². The summed E-state index contributed by atoms with van der Waals surface area (Å²) in [6.07, 6.45) is 0.734. The number of anilines is 1. The SMILES string of the molecule is CC(C)(C)n1ncc(NC[C@@H](O)c2ccc(Cl)cc2)c(Cl)c1=O. The summed E-state index contributed by atoms with van der Waals surface area (Å²) in [6, 6.07) is 6.90. The van der Waals surface area contributed by atoms with Gasteiger partial charge in [-0.25, -0.2) is 4.68 Å². The Morgan fingerprint density at radius 3 is 2.43 bits per heavy atom. The molecule has 1 atom stereocenters. The molecule has 0 saturated heterocycles. The van der Waals surface area contributed by atoms with E-state index in [4.69, 9.17) is 23.2 Å². The first-order valence-electron chi connectivity index (χ1n) is 7.16. The van der Waals surface area contributed by atoms with Crippen LogP contribution in [0.4, 0.5) is 5.69 Å². The Morgan fingerprint density at radius 2 is 1.87 bits per heavy atom. The molecule has 1 aromatic carbocycles. The van der Waals surface area contributed by atoms with E-state index >= 15 is 0 Å². The third kappa shape index (κ3) is 4.25. The zero-order chi connectivity index (χ0) is 17.2. The summed E-state index contributed by atoms with van der Waals surface area (Å²) in [5.74, 6) is 0. The number of nitrogens with zero attached hydrogens (tertiary/aromatic N) is 2. The largest absolute Gasteiger partial charge is 0.387 e. The van der Waals surface area contributed by atoms with Gasteiger partial charge in [-0.3, -0.25) is 4.79 Å². The molecule has 0 saturated carbocycles. The van der Waals surface area contributed by atoms with Gasteiger partial charge in [0.05, 0.1) is 23.5 Å². The molecule has 0 radical (unpaired) electrons. The number of hydrogen-bond donors (Lipinski definition) is 2. The summed E-state index contributed by atoms with van der Waals surface area (Å²) < 4.78 is 1.33. The molecule has 0 aliphatic rings. The molecule has 124 valence electrons. The lowest BCUT2D eigenvalue weighted by Gasteiger charge is -2.21. The van der Waals surface area contributed by atoms with Gasteiger partial charge in [-0.15, -0.1) is 0 Å². The molecule has 2 rings (SSSR count). The van der Waals surface area contributed by atoms with Crippen LogP contribution in [0.15, 0.2) is 35.3 Å². The van der Waals surface area contributed by atoms with Crippen molar-refractivity contribution in [1.82, 2.24) is 9.78 Å². The minimum atomic E-state index is -0.756. The highest BCUT2D eigenvalue weighted by molar-refractivity contribution is 6.33. The number of halogens is 2. The van der Waals surface area contributed by atoms with Crippen LogP contribution in [-0.4, -0.2) is 21.4 Å². The van der Waals surface area contributed by atoms with Crippen LogP contribution in [0.25, 0.3) is 0 Å². The van der Waals surface area contributed by atoms with Gasteiger partial charge in [-0.2, -0.15) is 5.10 Å². The van der Waals surface area contributed by atoms with E-state index < -0.39 is 11.6 Å². The average molecular weight is 356 g/mol. The van der Waals surface area contributed by atoms with Crippen LogP contribution in [0.2, 0.25) is 10.0 Å². The lowest BCUT2D eigenvalue weighted by atomic mass is 10.1. The number of benzene rings is 1. The van der Waals surface area contributed by atoms with Gasteiger partial charge < -0.3 is 10.4 Å². The van der Waals surface area contributed by atoms with Crippen molar-refractivity contribution >= 4 is 28.9 Å². The molecule has 0 unspecified atom stereocenters. The predicted octanol–water partition coefficient (Wildman–Crippen LogP) is 3.45. The molecular weight excluding hydrogens is 337 g/mol. The van der Waals surface area contributed by atoms with Crippen molar-refractivity contribution in [2.45, 2.75) is 32.4 Å². The van der Waals surface area contributed by atoms with E-state index in [0.717, 1.165) is 0 Å². The molecule has 5 nitrogen and oxygen atoms in total. The zero-order valence-corrected chi connectivity index (χ0v) is 14.7. The molecule has 1 aromatic heterocycles. The first-order chi connectivity index (χ1) is 10.7. The maximum atomic E-state index is 12.2. The Hall–Kier alpha value is -1.56. The van der Waals surface area contributed by atoms with E-state index in [2.05, 4.69) is 10.4 Å². The van der Waals surface area contributed by atoms with E-state index in [-0.39, 0.29) is 17.1 Å². The molecule has 0 aliphatic heterocycles. The van der Waals surface area contributed by atoms with Crippen molar-refractivity contribution in [3.05, 3.63) is 56.4 Å². The van der Waals surface area contributed by atoms with E-state index in [1.807, 2.05) is 20.8 Å². The Balaban J connectivity index is 2.13. The van der Waals surface area contributed by atoms with E-state index in [9.17, 15) is 9.90 Å². The second-order valence-corrected chi connectivity index (χ2v) is 7.02. The van der Waals surface area contributed by atoms with E-state index in [1.54, 1.807) is 24.3 Å². The van der Waals surface area contributed by atoms with Crippen molar-refractivity contribution in [3.8, 4) is 0 Å². The second kappa shape index (κ2) is 6.91. The standard InChI is InChI=1S/C16H19Cl2N3O2/c1-16(2,3)21-15(23)14(18)12(8-20-21)19-9-13(22)10-4-6-11(17)7-5-10/h4-8,13,19,22H,9H2,1-3H3/t13-/m1/s1. The highest BCUT2D eigenvalue weighted by Crippen LogP contribution is 2.21. The Morgan fingerprint density at radius 1 is 1.26 bits per heavy atom. The van der Waals surface area contributed by atoms with E-state index in [1.165, 1.54) is 10.9 Å². The number of rotatable bonds is 4. The van der Waals surface area contributed by atoms with Crippen LogP contribution in [0.3, 0.4) is 0 Å². The molecule has 0 fully saturated rings. The van der Waals surface area contributed by atoms with Crippen molar-refractivity contribution in [3.63, 3.8) is 0 Å². The third-order valence-corrected chi connectivity index (χ3v) is 3.91. The fourth-order valence-corrected chi connectivity index (χ4v) is 2.36. The third-order valence-electron chi connectivity index (χ3n) is 3.29. The number of hydrogen-bond acceptors (Lipinski definition) is 4. The summed E-state index contributed by atoms with van der Waals surface area (Å²) in [6.45, 7) is 5.81. The molecule has 2 aromatic rings. The molecule has 23 heavy (non-hydrogen) atoms. The van der Waals surface area contributed by atoms with Gasteiger partial charge in [0.15, 0.2) is 0 Å². The molecule has 7 heteroatoms. The fraction of sp³-hybridized carbons (Fsp3) is 0.375. The van der Waals surface area contributed by atoms with Crippen LogP contribution in [0.1, 0.15) is 32.4 Å². The van der Waals surface area contributed by atoms with Gasteiger partial charge in [0.25, 0.3) is 5.56 Å². The normalized spacial score (nSPS) is 13.0. The summed E-state index contributed by atoms with van der Waals surface area (Å²) in [5.41, 5.74) is 0.284. The zero-order valence-electron chi connectivity index (χ0n) is 13.2. The first-order valence-corrected chi connectivity index (χ1v) is 7.91. The maximum Gasteiger partial charge on any atom is 0.288 e. The van der Waals surface area contributed by atoms with Crippen molar-refractivity contribution < 1.29 is 5.11 Å². The average Bonchev–Trinajstić information content (AvgIpc) is 2.48. The molecular formula is C16H19Cl2N3O2. The summed E-state index contributed by atoms with van der Waals surface area (Å²) >= 11 is 11.9. The summed E-state index contributed by atoms with van der Waals surface area (Å²) in [7, 11) is 0. The number of nitrogens with one attached hydrogen (secondary N) is 1. The van der Waals surface area contributed by atoms with Gasteiger partial charge in [0, 0.05) is 11.6 Å². The number of aliphatic hydroxyl groups excluding tert-OH is 1. The minimum Gasteiger partial charge on any atom is -0.387 e. The monoisotopic (exact) mass is 355 g/mol. The summed E-state index contributed by atoms with van der Waals surface area (Å²) in [4.78, 5) is 12.2. The number of aliphatic hydroxyl groups is 1. The van der Waals surface area contributed by atoms with Crippen molar-refractivity contribution in [2.75, 3.05) is 11.9 Å². The molecule has 0 amide bonds. The quantitative estimate of drug-likeness (QED) is 0.881. The smallest absolute Gasteiger partial charge is 0.288 e. The second-order valence-electron chi connectivity index (χ2n) is 6.21. The van der Waals surface area contributed by atoms with Gasteiger partial charge in [0.2, 0.25) is 0 Å². The molecule has 0 spiro atoms. The highest BCUT2D eigenvalue weighted by Gasteiger charge is 2.19. The molecule has 1 heterocycles. The van der Waals surface area contributed by atoms with Crippen LogP contribution >= 0.6 is 23.2 Å². The topological polar surface area (TPSA) is 67.2 Å². The Bertz CT molecular complexity index is 736. The van der Waals surface area contributed by atoms with Gasteiger partial charge in [-0.05, 0) is 38.5 Å². The van der Waals surface area contributed by atoms with Crippen LogP contribution in [0.5, 0.6) is 0 Å². The van der Waals surface area contributed by atoms with Crippen molar-refractivity contribution in [1.29, 1.82) is 0 Å².